The molecule has 0 fully saturated rings. The highest BCUT2D eigenvalue weighted by Crippen LogP contribution is 2.20. The van der Waals surface area contributed by atoms with Gasteiger partial charge in [0.05, 0.1) is 11.9 Å². The van der Waals surface area contributed by atoms with E-state index < -0.39 is 9.84 Å². The zero-order valence-electron chi connectivity index (χ0n) is 10.2. The van der Waals surface area contributed by atoms with Crippen LogP contribution in [-0.2, 0) is 9.84 Å². The lowest BCUT2D eigenvalue weighted by Gasteiger charge is -2.11. The Kier molecular flexibility index (Phi) is 3.23. The number of rotatable bonds is 3. The summed E-state index contributed by atoms with van der Waals surface area (Å²) < 4.78 is 24.4. The summed E-state index contributed by atoms with van der Waals surface area (Å²) in [5.74, 6) is 0. The second-order valence-electron chi connectivity index (χ2n) is 4.24. The molecular formula is C12H15N3O2S. The van der Waals surface area contributed by atoms with Gasteiger partial charge in [-0.25, -0.2) is 13.1 Å². The molecule has 0 unspecified atom stereocenters. The average molecular weight is 265 g/mol. The van der Waals surface area contributed by atoms with Gasteiger partial charge >= 0.3 is 0 Å². The Bertz CT molecular complexity index is 659. The van der Waals surface area contributed by atoms with Crippen molar-refractivity contribution in [3.05, 3.63) is 42.2 Å². The molecule has 0 saturated heterocycles. The summed E-state index contributed by atoms with van der Waals surface area (Å²) in [4.78, 5) is 0.196. The maximum atomic E-state index is 11.4. The van der Waals surface area contributed by atoms with E-state index in [4.69, 9.17) is 5.73 Å². The molecule has 2 rings (SSSR count). The molecule has 1 aromatic heterocycles. The number of nitrogens with two attached hydrogens (primary N) is 1. The summed E-state index contributed by atoms with van der Waals surface area (Å²) in [5.41, 5.74) is 7.60. The van der Waals surface area contributed by atoms with Gasteiger partial charge in [0, 0.05) is 18.5 Å². The Morgan fingerprint density at radius 1 is 1.33 bits per heavy atom. The fourth-order valence-corrected chi connectivity index (χ4v) is 2.24. The van der Waals surface area contributed by atoms with Crippen molar-refractivity contribution in [3.63, 3.8) is 0 Å². The van der Waals surface area contributed by atoms with Crippen LogP contribution in [0.1, 0.15) is 18.5 Å². The molecule has 0 spiro atoms. The van der Waals surface area contributed by atoms with E-state index in [-0.39, 0.29) is 10.9 Å². The van der Waals surface area contributed by atoms with Crippen LogP contribution in [0.4, 0.5) is 0 Å². The average Bonchev–Trinajstić information content (AvgIpc) is 2.77. The van der Waals surface area contributed by atoms with Crippen molar-refractivity contribution in [2.75, 3.05) is 6.26 Å². The zero-order chi connectivity index (χ0) is 13.3. The highest BCUT2D eigenvalue weighted by atomic mass is 32.2. The predicted octanol–water partition coefficient (Wildman–Crippen LogP) is 1.30. The van der Waals surface area contributed by atoms with Crippen molar-refractivity contribution in [2.24, 2.45) is 5.73 Å². The van der Waals surface area contributed by atoms with Gasteiger partial charge in [-0.3, -0.25) is 0 Å². The van der Waals surface area contributed by atoms with E-state index in [1.54, 1.807) is 0 Å². The quantitative estimate of drug-likeness (QED) is 0.907. The van der Waals surface area contributed by atoms with Crippen molar-refractivity contribution < 1.29 is 8.42 Å². The number of benzene rings is 1. The van der Waals surface area contributed by atoms with Crippen LogP contribution in [0.25, 0.3) is 5.69 Å². The summed E-state index contributed by atoms with van der Waals surface area (Å²) in [6, 6.07) is 7.37. The van der Waals surface area contributed by atoms with E-state index in [9.17, 15) is 8.42 Å². The maximum absolute atomic E-state index is 11.4. The van der Waals surface area contributed by atoms with Crippen molar-refractivity contribution in [3.8, 4) is 5.69 Å². The second-order valence-corrected chi connectivity index (χ2v) is 6.26. The van der Waals surface area contributed by atoms with Crippen LogP contribution in [-0.4, -0.2) is 24.5 Å². The molecule has 0 radical (unpaired) electrons. The number of aromatic nitrogens is 2. The van der Waals surface area contributed by atoms with E-state index in [0.29, 0.717) is 0 Å². The monoisotopic (exact) mass is 265 g/mol. The largest absolute Gasteiger partial charge is 0.324 e. The summed E-state index contributed by atoms with van der Waals surface area (Å²) in [6.07, 6.45) is 4.00. The van der Waals surface area contributed by atoms with E-state index in [0.717, 1.165) is 17.5 Å². The second kappa shape index (κ2) is 4.55. The smallest absolute Gasteiger partial charge is 0.178 e. The molecule has 2 N–H and O–H groups in total. The van der Waals surface area contributed by atoms with E-state index in [1.807, 2.05) is 31.2 Å². The molecule has 1 heterocycles. The van der Waals surface area contributed by atoms with E-state index in [1.165, 1.54) is 17.1 Å². The van der Waals surface area contributed by atoms with Crippen LogP contribution < -0.4 is 5.73 Å². The van der Waals surface area contributed by atoms with Gasteiger partial charge in [0.15, 0.2) is 9.84 Å². The molecule has 96 valence electrons. The Labute approximate surface area is 106 Å². The molecular weight excluding hydrogens is 250 g/mol. The molecule has 0 amide bonds. The first-order valence-electron chi connectivity index (χ1n) is 5.49. The minimum absolute atomic E-state index is 0.146. The van der Waals surface area contributed by atoms with E-state index >= 15 is 0 Å². The van der Waals surface area contributed by atoms with Gasteiger partial charge in [0.1, 0.15) is 4.90 Å². The number of hydrogen-bond acceptors (Lipinski definition) is 4. The lowest BCUT2D eigenvalue weighted by Crippen LogP contribution is -2.10. The summed E-state index contributed by atoms with van der Waals surface area (Å²) in [5, 5.41) is 4.08. The standard InChI is InChI=1S/C12H15N3O2S/c1-9(13)11-5-3-4-6-12(11)15-8-10(7-14-15)18(2,16)17/h3-9H,13H2,1-2H3/t9-/m1/s1. The molecule has 6 heteroatoms. The molecule has 18 heavy (non-hydrogen) atoms. The minimum atomic E-state index is -3.24. The fraction of sp³-hybridized carbons (Fsp3) is 0.250. The summed E-state index contributed by atoms with van der Waals surface area (Å²) in [7, 11) is -3.24. The third kappa shape index (κ3) is 2.44. The van der Waals surface area contributed by atoms with Crippen molar-refractivity contribution >= 4 is 9.84 Å². The van der Waals surface area contributed by atoms with Crippen LogP contribution in [0.15, 0.2) is 41.6 Å². The third-order valence-electron chi connectivity index (χ3n) is 2.66. The van der Waals surface area contributed by atoms with E-state index in [2.05, 4.69) is 5.10 Å². The SMILES string of the molecule is C[C@@H](N)c1ccccc1-n1cc(S(C)(=O)=O)cn1. The zero-order valence-corrected chi connectivity index (χ0v) is 11.1. The van der Waals surface area contributed by atoms with Gasteiger partial charge in [-0.2, -0.15) is 5.10 Å². The van der Waals surface area contributed by atoms with Crippen LogP contribution >= 0.6 is 0 Å². The first kappa shape index (κ1) is 12.8. The topological polar surface area (TPSA) is 78.0 Å². The van der Waals surface area contributed by atoms with Gasteiger partial charge in [0.2, 0.25) is 0 Å². The molecule has 0 aliphatic heterocycles. The maximum Gasteiger partial charge on any atom is 0.178 e. The van der Waals surface area contributed by atoms with Gasteiger partial charge in [-0.15, -0.1) is 0 Å². The van der Waals surface area contributed by atoms with Gasteiger partial charge in [-0.05, 0) is 18.6 Å². The summed E-state index contributed by atoms with van der Waals surface area (Å²) >= 11 is 0. The third-order valence-corrected chi connectivity index (χ3v) is 3.73. The Morgan fingerprint density at radius 3 is 2.56 bits per heavy atom. The van der Waals surface area contributed by atoms with Crippen LogP contribution in [0.5, 0.6) is 0 Å². The minimum Gasteiger partial charge on any atom is -0.324 e. The van der Waals surface area contributed by atoms with Crippen molar-refractivity contribution in [1.82, 2.24) is 9.78 Å². The molecule has 5 nitrogen and oxygen atoms in total. The predicted molar refractivity (Wildman–Crippen MR) is 69.3 cm³/mol. The molecule has 0 aliphatic rings. The van der Waals surface area contributed by atoms with Crippen molar-refractivity contribution in [2.45, 2.75) is 17.9 Å². The Morgan fingerprint density at radius 2 is 2.00 bits per heavy atom. The van der Waals surface area contributed by atoms with Crippen LogP contribution in [0, 0.1) is 0 Å². The first-order chi connectivity index (χ1) is 8.39. The molecule has 1 atom stereocenters. The van der Waals surface area contributed by atoms with Crippen molar-refractivity contribution in [1.29, 1.82) is 0 Å². The van der Waals surface area contributed by atoms with Crippen LogP contribution in [0.2, 0.25) is 0 Å². The van der Waals surface area contributed by atoms with Crippen LogP contribution in [0.3, 0.4) is 0 Å². The normalized spacial score (nSPS) is 13.5. The number of sulfone groups is 1. The molecule has 0 aliphatic carbocycles. The lowest BCUT2D eigenvalue weighted by molar-refractivity contribution is 0.602. The summed E-state index contributed by atoms with van der Waals surface area (Å²) in [6.45, 7) is 1.87. The van der Waals surface area contributed by atoms with Gasteiger partial charge in [-0.1, -0.05) is 18.2 Å². The number of para-hydroxylation sites is 1. The fourth-order valence-electron chi connectivity index (χ4n) is 1.71. The molecule has 1 aromatic carbocycles. The molecule has 2 aromatic rings. The first-order valence-corrected chi connectivity index (χ1v) is 7.38. The highest BCUT2D eigenvalue weighted by molar-refractivity contribution is 7.90. The number of nitrogens with zero attached hydrogens (tertiary/aromatic N) is 2. The van der Waals surface area contributed by atoms with Gasteiger partial charge < -0.3 is 5.73 Å². The number of hydrogen-bond donors (Lipinski definition) is 1. The molecule has 0 bridgehead atoms. The van der Waals surface area contributed by atoms with Gasteiger partial charge in [0.25, 0.3) is 0 Å². The Hall–Kier alpha value is -1.66. The highest BCUT2D eigenvalue weighted by Gasteiger charge is 2.13. The lowest BCUT2D eigenvalue weighted by atomic mass is 10.1. The molecule has 0 saturated carbocycles. The Balaban J connectivity index is 2.53.